The van der Waals surface area contributed by atoms with E-state index in [1.54, 1.807) is 36.3 Å². The summed E-state index contributed by atoms with van der Waals surface area (Å²) in [5, 5.41) is 0.655. The van der Waals surface area contributed by atoms with E-state index < -0.39 is 10.0 Å². The van der Waals surface area contributed by atoms with Crippen LogP contribution in [0.5, 0.6) is 11.5 Å². The molecule has 0 radical (unpaired) electrons. The normalized spacial score (nSPS) is 15.1. The van der Waals surface area contributed by atoms with Crippen LogP contribution in [0, 0.1) is 5.92 Å². The van der Waals surface area contributed by atoms with Crippen LogP contribution in [0.1, 0.15) is 33.6 Å². The van der Waals surface area contributed by atoms with Crippen LogP contribution in [0.4, 0.5) is 5.13 Å². The Morgan fingerprint density at radius 3 is 2.36 bits per heavy atom. The molecule has 0 bridgehead atoms. The van der Waals surface area contributed by atoms with Crippen molar-refractivity contribution in [2.45, 2.75) is 38.5 Å². The van der Waals surface area contributed by atoms with Gasteiger partial charge in [-0.05, 0) is 69.3 Å². The molecule has 1 saturated heterocycles. The fraction of sp³-hybridized carbons (Fsp3) is 0.500. The number of benzene rings is 2. The molecule has 3 aromatic rings. The zero-order chi connectivity index (χ0) is 28.0. The summed E-state index contributed by atoms with van der Waals surface area (Å²) in [5.41, 5.74) is 0.764. The standard InChI is InChI=1S/C28H38N4O5S2/c1-5-30(6-2)19-20-32(28-29-26-24(37-7-3)9-8-10-25(26)38-28)27(33)21-15-17-31(18-16-21)39(34,35)23-13-11-22(36-4)12-14-23/h8-14,21H,5-7,15-20H2,1-4H3. The Morgan fingerprint density at radius 2 is 1.74 bits per heavy atom. The molecule has 0 saturated carbocycles. The van der Waals surface area contributed by atoms with Crippen LogP contribution in [0.25, 0.3) is 10.2 Å². The SMILES string of the molecule is CCOc1cccc2sc(N(CCN(CC)CC)C(=O)C3CCN(S(=O)(=O)c4ccc(OC)cc4)CC3)nc12. The van der Waals surface area contributed by atoms with E-state index in [4.69, 9.17) is 14.5 Å². The third-order valence-corrected chi connectivity index (χ3v) is 10.2. The number of para-hydroxylation sites is 1. The maximum atomic E-state index is 13.9. The van der Waals surface area contributed by atoms with Crippen LogP contribution in [0.15, 0.2) is 47.4 Å². The number of sulfonamides is 1. The lowest BCUT2D eigenvalue weighted by atomic mass is 9.96. The third kappa shape index (κ3) is 6.54. The lowest BCUT2D eigenvalue weighted by molar-refractivity contribution is -0.123. The Hall–Kier alpha value is -2.73. The summed E-state index contributed by atoms with van der Waals surface area (Å²) >= 11 is 1.49. The Bertz CT molecular complexity index is 1350. The average Bonchev–Trinajstić information content (AvgIpc) is 3.40. The van der Waals surface area contributed by atoms with Gasteiger partial charge >= 0.3 is 0 Å². The Balaban J connectivity index is 1.53. The fourth-order valence-corrected chi connectivity index (χ4v) is 7.32. The number of nitrogens with zero attached hydrogens (tertiary/aromatic N) is 4. The molecule has 2 heterocycles. The third-order valence-electron chi connectivity index (χ3n) is 7.20. The van der Waals surface area contributed by atoms with Gasteiger partial charge < -0.3 is 14.4 Å². The number of hydrogen-bond donors (Lipinski definition) is 0. The Labute approximate surface area is 235 Å². The van der Waals surface area contributed by atoms with Gasteiger partial charge in [-0.15, -0.1) is 0 Å². The second kappa shape index (κ2) is 13.1. The zero-order valence-corrected chi connectivity index (χ0v) is 24.8. The number of anilines is 1. The number of carbonyl (C=O) groups excluding carboxylic acids is 1. The molecular formula is C28H38N4O5S2. The van der Waals surface area contributed by atoms with Crippen LogP contribution in [0.2, 0.25) is 0 Å². The van der Waals surface area contributed by atoms with Crippen molar-refractivity contribution in [1.82, 2.24) is 14.2 Å². The van der Waals surface area contributed by atoms with Gasteiger partial charge in [0.25, 0.3) is 0 Å². The summed E-state index contributed by atoms with van der Waals surface area (Å²) < 4.78 is 39.8. The average molecular weight is 575 g/mol. The minimum atomic E-state index is -3.64. The monoisotopic (exact) mass is 574 g/mol. The van der Waals surface area contributed by atoms with Crippen molar-refractivity contribution < 1.29 is 22.7 Å². The van der Waals surface area contributed by atoms with Gasteiger partial charge in [-0.2, -0.15) is 4.31 Å². The van der Waals surface area contributed by atoms with E-state index >= 15 is 0 Å². The number of amides is 1. The molecule has 1 fully saturated rings. The predicted molar refractivity (Wildman–Crippen MR) is 155 cm³/mol. The van der Waals surface area contributed by atoms with Gasteiger partial charge in [0.2, 0.25) is 15.9 Å². The highest BCUT2D eigenvalue weighted by Crippen LogP contribution is 2.36. The number of rotatable bonds is 12. The molecule has 0 unspecified atom stereocenters. The van der Waals surface area contributed by atoms with E-state index in [1.165, 1.54) is 15.6 Å². The Morgan fingerprint density at radius 1 is 1.05 bits per heavy atom. The van der Waals surface area contributed by atoms with Gasteiger partial charge in [0.1, 0.15) is 17.0 Å². The first kappa shape index (κ1) is 29.3. The highest BCUT2D eigenvalue weighted by atomic mass is 32.2. The van der Waals surface area contributed by atoms with E-state index in [2.05, 4.69) is 18.7 Å². The number of likely N-dealkylation sites (N-methyl/N-ethyl adjacent to an activating group) is 1. The van der Waals surface area contributed by atoms with Gasteiger partial charge in [-0.25, -0.2) is 13.4 Å². The second-order valence-corrected chi connectivity index (χ2v) is 12.4. The summed E-state index contributed by atoms with van der Waals surface area (Å²) in [6, 6.07) is 12.2. The topological polar surface area (TPSA) is 92.3 Å². The number of ether oxygens (including phenoxy) is 2. The van der Waals surface area contributed by atoms with Crippen LogP contribution in [0.3, 0.4) is 0 Å². The number of carbonyl (C=O) groups is 1. The number of piperidine rings is 1. The smallest absolute Gasteiger partial charge is 0.243 e. The number of fused-ring (bicyclic) bond motifs is 1. The summed E-state index contributed by atoms with van der Waals surface area (Å²) in [6.45, 7) is 10.3. The van der Waals surface area contributed by atoms with E-state index in [-0.39, 0.29) is 16.7 Å². The van der Waals surface area contributed by atoms with Crippen molar-refractivity contribution in [3.8, 4) is 11.5 Å². The lowest BCUT2D eigenvalue weighted by Crippen LogP contribution is -2.46. The van der Waals surface area contributed by atoms with Crippen molar-refractivity contribution >= 4 is 42.6 Å². The molecule has 2 aromatic carbocycles. The summed E-state index contributed by atoms with van der Waals surface area (Å²) in [4.78, 5) is 23.1. The van der Waals surface area contributed by atoms with E-state index in [0.717, 1.165) is 29.9 Å². The van der Waals surface area contributed by atoms with Crippen molar-refractivity contribution in [3.63, 3.8) is 0 Å². The van der Waals surface area contributed by atoms with E-state index in [0.29, 0.717) is 55.7 Å². The van der Waals surface area contributed by atoms with Crippen LogP contribution >= 0.6 is 11.3 Å². The second-order valence-electron chi connectivity index (χ2n) is 9.40. The highest BCUT2D eigenvalue weighted by molar-refractivity contribution is 7.89. The first-order chi connectivity index (χ1) is 18.8. The fourth-order valence-electron chi connectivity index (χ4n) is 4.84. The van der Waals surface area contributed by atoms with Crippen molar-refractivity contribution in [2.75, 3.05) is 57.9 Å². The zero-order valence-electron chi connectivity index (χ0n) is 23.1. The maximum Gasteiger partial charge on any atom is 0.243 e. The molecule has 4 rings (SSSR count). The van der Waals surface area contributed by atoms with E-state index in [1.807, 2.05) is 25.1 Å². The minimum absolute atomic E-state index is 0.000618. The van der Waals surface area contributed by atoms with Crippen LogP contribution in [-0.4, -0.2) is 81.5 Å². The predicted octanol–water partition coefficient (Wildman–Crippen LogP) is 4.48. The van der Waals surface area contributed by atoms with Crippen LogP contribution in [-0.2, 0) is 14.8 Å². The summed E-state index contributed by atoms with van der Waals surface area (Å²) in [5.74, 6) is 1.04. The molecule has 0 atom stereocenters. The first-order valence-corrected chi connectivity index (χ1v) is 15.8. The van der Waals surface area contributed by atoms with Gasteiger partial charge in [0.15, 0.2) is 5.13 Å². The molecule has 1 aliphatic rings. The molecule has 1 aliphatic heterocycles. The highest BCUT2D eigenvalue weighted by Gasteiger charge is 2.35. The van der Waals surface area contributed by atoms with Gasteiger partial charge in [-0.1, -0.05) is 31.3 Å². The maximum absolute atomic E-state index is 13.9. The van der Waals surface area contributed by atoms with Gasteiger partial charge in [0.05, 0.1) is 23.3 Å². The largest absolute Gasteiger partial charge is 0.497 e. The first-order valence-electron chi connectivity index (χ1n) is 13.5. The summed E-state index contributed by atoms with van der Waals surface area (Å²) in [7, 11) is -2.10. The van der Waals surface area contributed by atoms with Crippen molar-refractivity contribution in [3.05, 3.63) is 42.5 Å². The van der Waals surface area contributed by atoms with Crippen molar-refractivity contribution in [1.29, 1.82) is 0 Å². The molecule has 0 spiro atoms. The number of hydrogen-bond acceptors (Lipinski definition) is 8. The molecule has 1 amide bonds. The lowest BCUT2D eigenvalue weighted by Gasteiger charge is -2.33. The molecule has 11 heteroatoms. The number of aromatic nitrogens is 1. The molecule has 39 heavy (non-hydrogen) atoms. The molecular weight excluding hydrogens is 536 g/mol. The quantitative estimate of drug-likeness (QED) is 0.315. The van der Waals surface area contributed by atoms with Crippen LogP contribution < -0.4 is 14.4 Å². The Kier molecular flexibility index (Phi) is 9.81. The molecule has 0 aliphatic carbocycles. The number of thiazole rings is 1. The van der Waals surface area contributed by atoms with E-state index in [9.17, 15) is 13.2 Å². The summed E-state index contributed by atoms with van der Waals surface area (Å²) in [6.07, 6.45) is 0.927. The molecule has 1 aromatic heterocycles. The minimum Gasteiger partial charge on any atom is -0.497 e. The molecule has 0 N–H and O–H groups in total. The molecule has 212 valence electrons. The van der Waals surface area contributed by atoms with Crippen molar-refractivity contribution in [2.24, 2.45) is 5.92 Å². The number of methoxy groups -OCH3 is 1. The molecule has 9 nitrogen and oxygen atoms in total. The van der Waals surface area contributed by atoms with Gasteiger partial charge in [-0.3, -0.25) is 9.69 Å². The van der Waals surface area contributed by atoms with Gasteiger partial charge in [0, 0.05) is 32.1 Å².